The minimum absolute atomic E-state index is 0.289. The number of hydrogen-bond acceptors (Lipinski definition) is 3. The molecule has 0 aliphatic heterocycles. The topological polar surface area (TPSA) is 63.6 Å². The van der Waals surface area contributed by atoms with Gasteiger partial charge in [0.15, 0.2) is 0 Å². The average molecular weight is 194 g/mol. The third-order valence-corrected chi connectivity index (χ3v) is 1.72. The number of carboxylic acids is 1. The van der Waals surface area contributed by atoms with Crippen LogP contribution >= 0.6 is 0 Å². The number of hydrogen-bond donors (Lipinski definition) is 1. The van der Waals surface area contributed by atoms with Crippen LogP contribution in [0, 0.1) is 13.8 Å². The van der Waals surface area contributed by atoms with Crippen molar-refractivity contribution in [1.82, 2.24) is 0 Å². The molecule has 0 aliphatic rings. The van der Waals surface area contributed by atoms with E-state index in [-0.39, 0.29) is 5.75 Å². The van der Waals surface area contributed by atoms with Gasteiger partial charge in [0, 0.05) is 0 Å². The van der Waals surface area contributed by atoms with E-state index in [4.69, 9.17) is 5.11 Å². The summed E-state index contributed by atoms with van der Waals surface area (Å²) >= 11 is 0. The highest BCUT2D eigenvalue weighted by Gasteiger charge is 2.15. The van der Waals surface area contributed by atoms with Gasteiger partial charge in [-0.1, -0.05) is 12.1 Å². The Hall–Kier alpha value is -1.84. The smallest absolute Gasteiger partial charge is 0.422 e. The number of esters is 1. The van der Waals surface area contributed by atoms with Crippen molar-refractivity contribution in [2.45, 2.75) is 13.8 Å². The second-order valence-corrected chi connectivity index (χ2v) is 2.96. The van der Waals surface area contributed by atoms with Crippen molar-refractivity contribution in [1.29, 1.82) is 0 Å². The third-order valence-electron chi connectivity index (χ3n) is 1.72. The molecule has 0 heterocycles. The Bertz CT molecular complexity index is 382. The van der Waals surface area contributed by atoms with Crippen LogP contribution in [0.5, 0.6) is 5.75 Å². The van der Waals surface area contributed by atoms with Gasteiger partial charge in [0.1, 0.15) is 5.75 Å². The Balaban J connectivity index is 2.91. The van der Waals surface area contributed by atoms with Crippen LogP contribution in [0.25, 0.3) is 0 Å². The largest absolute Gasteiger partial charge is 0.473 e. The van der Waals surface area contributed by atoms with Crippen molar-refractivity contribution in [3.63, 3.8) is 0 Å². The fourth-order valence-corrected chi connectivity index (χ4v) is 0.961. The average Bonchev–Trinajstić information content (AvgIpc) is 2.11. The van der Waals surface area contributed by atoms with Gasteiger partial charge in [0.05, 0.1) is 0 Å². The first kappa shape index (κ1) is 10.2. The number of carboxylic acid groups (broad SMARTS) is 1. The van der Waals surface area contributed by atoms with Gasteiger partial charge in [0.2, 0.25) is 0 Å². The first-order valence-electron chi connectivity index (χ1n) is 4.03. The molecule has 0 radical (unpaired) electrons. The first-order valence-corrected chi connectivity index (χ1v) is 4.03. The van der Waals surface area contributed by atoms with Gasteiger partial charge in [-0.2, -0.15) is 0 Å². The summed E-state index contributed by atoms with van der Waals surface area (Å²) in [7, 11) is 0. The van der Waals surface area contributed by atoms with Crippen LogP contribution in [0.3, 0.4) is 0 Å². The minimum Gasteiger partial charge on any atom is -0.473 e. The molecule has 0 aromatic heterocycles. The molecule has 0 unspecified atom stereocenters. The van der Waals surface area contributed by atoms with Crippen LogP contribution in [0.4, 0.5) is 0 Å². The Kier molecular flexibility index (Phi) is 2.86. The van der Waals surface area contributed by atoms with E-state index >= 15 is 0 Å². The standard InChI is InChI=1S/C10H10O4/c1-6-3-4-7(2)8(5-6)14-10(13)9(11)12/h3-5H,1-2H3,(H,11,12). The number of benzene rings is 1. The molecule has 0 spiro atoms. The van der Waals surface area contributed by atoms with Crippen molar-refractivity contribution < 1.29 is 19.4 Å². The van der Waals surface area contributed by atoms with E-state index in [1.165, 1.54) is 0 Å². The molecule has 1 N–H and O–H groups in total. The maximum Gasteiger partial charge on any atom is 0.422 e. The van der Waals surface area contributed by atoms with Gasteiger partial charge in [0.25, 0.3) is 0 Å². The van der Waals surface area contributed by atoms with E-state index in [1.54, 1.807) is 19.1 Å². The van der Waals surface area contributed by atoms with Crippen molar-refractivity contribution in [3.8, 4) is 5.75 Å². The second kappa shape index (κ2) is 3.91. The molecule has 1 aromatic carbocycles. The maximum atomic E-state index is 10.8. The number of aliphatic carboxylic acids is 1. The summed E-state index contributed by atoms with van der Waals surface area (Å²) in [4.78, 5) is 21.0. The summed E-state index contributed by atoms with van der Waals surface area (Å²) in [5, 5.41) is 8.33. The molecule has 0 aliphatic carbocycles. The van der Waals surface area contributed by atoms with Crippen LogP contribution in [-0.2, 0) is 9.59 Å². The lowest BCUT2D eigenvalue weighted by molar-refractivity contribution is -0.158. The first-order chi connectivity index (χ1) is 6.50. The zero-order valence-corrected chi connectivity index (χ0v) is 7.90. The fourth-order valence-electron chi connectivity index (χ4n) is 0.961. The molecule has 0 bridgehead atoms. The quantitative estimate of drug-likeness (QED) is 0.415. The fraction of sp³-hybridized carbons (Fsp3) is 0.200. The van der Waals surface area contributed by atoms with E-state index in [1.807, 2.05) is 13.0 Å². The van der Waals surface area contributed by atoms with Crippen molar-refractivity contribution in [2.75, 3.05) is 0 Å². The minimum atomic E-state index is -1.59. The molecule has 0 amide bonds. The zero-order valence-electron chi connectivity index (χ0n) is 7.90. The molecule has 74 valence electrons. The van der Waals surface area contributed by atoms with Crippen LogP contribution < -0.4 is 4.74 Å². The van der Waals surface area contributed by atoms with Crippen LogP contribution in [0.15, 0.2) is 18.2 Å². The summed E-state index contributed by atoms with van der Waals surface area (Å²) in [6.07, 6.45) is 0. The number of carbonyl (C=O) groups excluding carboxylic acids is 1. The zero-order chi connectivity index (χ0) is 10.7. The lowest BCUT2D eigenvalue weighted by Crippen LogP contribution is -2.19. The van der Waals surface area contributed by atoms with Gasteiger partial charge in [-0.3, -0.25) is 0 Å². The highest BCUT2D eigenvalue weighted by atomic mass is 16.6. The lowest BCUT2D eigenvalue weighted by Gasteiger charge is -2.05. The number of carbonyl (C=O) groups is 2. The highest BCUT2D eigenvalue weighted by Crippen LogP contribution is 2.18. The van der Waals surface area contributed by atoms with Gasteiger partial charge < -0.3 is 9.84 Å². The SMILES string of the molecule is Cc1ccc(C)c(OC(=O)C(=O)O)c1. The predicted octanol–water partition coefficient (Wildman–Crippen LogP) is 1.29. The Labute approximate surface area is 81.1 Å². The second-order valence-electron chi connectivity index (χ2n) is 2.96. The summed E-state index contributed by atoms with van der Waals surface area (Å²) in [6.45, 7) is 3.57. The molecule has 14 heavy (non-hydrogen) atoms. The lowest BCUT2D eigenvalue weighted by atomic mass is 10.1. The van der Waals surface area contributed by atoms with Gasteiger partial charge in [-0.05, 0) is 31.0 Å². The number of aryl methyl sites for hydroxylation is 2. The van der Waals surface area contributed by atoms with E-state index < -0.39 is 11.9 Å². The van der Waals surface area contributed by atoms with E-state index in [2.05, 4.69) is 4.74 Å². The van der Waals surface area contributed by atoms with Crippen LogP contribution in [0.1, 0.15) is 11.1 Å². The van der Waals surface area contributed by atoms with Crippen LogP contribution in [0.2, 0.25) is 0 Å². The Morgan fingerprint density at radius 1 is 1.29 bits per heavy atom. The maximum absolute atomic E-state index is 10.8. The van der Waals surface area contributed by atoms with Crippen molar-refractivity contribution in [3.05, 3.63) is 29.3 Å². The summed E-state index contributed by atoms with van der Waals surface area (Å²) in [5.74, 6) is -2.57. The molecule has 0 saturated heterocycles. The van der Waals surface area contributed by atoms with Gasteiger partial charge in [-0.25, -0.2) is 9.59 Å². The van der Waals surface area contributed by atoms with Crippen LogP contribution in [-0.4, -0.2) is 17.0 Å². The van der Waals surface area contributed by atoms with E-state index in [0.29, 0.717) is 0 Å². The molecule has 1 rings (SSSR count). The number of rotatable bonds is 1. The molecular weight excluding hydrogens is 184 g/mol. The monoisotopic (exact) mass is 194 g/mol. The third kappa shape index (κ3) is 2.32. The van der Waals surface area contributed by atoms with Crippen molar-refractivity contribution >= 4 is 11.9 Å². The molecule has 1 aromatic rings. The molecule has 4 nitrogen and oxygen atoms in total. The summed E-state index contributed by atoms with van der Waals surface area (Å²) < 4.78 is 4.65. The predicted molar refractivity (Wildman–Crippen MR) is 49.2 cm³/mol. The highest BCUT2D eigenvalue weighted by molar-refractivity contribution is 6.29. The van der Waals surface area contributed by atoms with Crippen molar-refractivity contribution in [2.24, 2.45) is 0 Å². The molecular formula is C10H10O4. The molecule has 0 atom stereocenters. The molecule has 4 heteroatoms. The van der Waals surface area contributed by atoms with E-state index in [9.17, 15) is 9.59 Å². The Morgan fingerprint density at radius 3 is 2.50 bits per heavy atom. The molecule has 0 fully saturated rings. The summed E-state index contributed by atoms with van der Waals surface area (Å²) in [5.41, 5.74) is 1.63. The van der Waals surface area contributed by atoms with Gasteiger partial charge >= 0.3 is 11.9 Å². The Morgan fingerprint density at radius 2 is 1.93 bits per heavy atom. The normalized spacial score (nSPS) is 9.57. The number of ether oxygens (including phenoxy) is 1. The van der Waals surface area contributed by atoms with Gasteiger partial charge in [-0.15, -0.1) is 0 Å². The summed E-state index contributed by atoms with van der Waals surface area (Å²) in [6, 6.07) is 5.24. The molecule has 0 saturated carbocycles. The van der Waals surface area contributed by atoms with E-state index in [0.717, 1.165) is 11.1 Å².